The summed E-state index contributed by atoms with van der Waals surface area (Å²) in [5.41, 5.74) is -0.00976. The zero-order valence-electron chi connectivity index (χ0n) is 11.4. The Bertz CT molecular complexity index is 768. The van der Waals surface area contributed by atoms with E-state index in [0.717, 1.165) is 6.07 Å². The van der Waals surface area contributed by atoms with Gasteiger partial charge in [0.25, 0.3) is 5.91 Å². The third-order valence-electron chi connectivity index (χ3n) is 2.68. The van der Waals surface area contributed by atoms with Gasteiger partial charge < -0.3 is 10.1 Å². The summed E-state index contributed by atoms with van der Waals surface area (Å²) in [6.07, 6.45) is 0. The van der Waals surface area contributed by atoms with E-state index in [2.05, 4.69) is 5.32 Å². The molecule has 120 valence electrons. The van der Waals surface area contributed by atoms with Crippen LogP contribution in [0.2, 0.25) is 15.1 Å². The Kier molecular flexibility index (Phi) is 5.65. The van der Waals surface area contributed by atoms with Gasteiger partial charge in [0.15, 0.2) is 12.4 Å². The van der Waals surface area contributed by atoms with Crippen molar-refractivity contribution >= 4 is 52.1 Å². The van der Waals surface area contributed by atoms with Crippen LogP contribution in [0.15, 0.2) is 36.4 Å². The molecule has 0 aromatic heterocycles. The maximum Gasteiger partial charge on any atom is 0.312 e. The molecule has 0 heterocycles. The molecule has 0 unspecified atom stereocenters. The monoisotopic (exact) mass is 374 g/mol. The fourth-order valence-electron chi connectivity index (χ4n) is 1.68. The molecule has 2 rings (SSSR count). The zero-order chi connectivity index (χ0) is 17.0. The third-order valence-corrected chi connectivity index (χ3v) is 3.48. The standard InChI is InChI=1S/C14H9Cl3N2O4/c15-8-1-3-10(17)11(5-8)18-14(20)7-23-13-4-2-9(16)6-12(13)19(21)22/h1-6H,7H2,(H,18,20). The molecule has 23 heavy (non-hydrogen) atoms. The minimum absolute atomic E-state index is 0.0632. The highest BCUT2D eigenvalue weighted by atomic mass is 35.5. The minimum Gasteiger partial charge on any atom is -0.477 e. The quantitative estimate of drug-likeness (QED) is 0.613. The minimum atomic E-state index is -0.646. The van der Waals surface area contributed by atoms with Crippen LogP contribution in [0.1, 0.15) is 0 Å². The van der Waals surface area contributed by atoms with Crippen molar-refractivity contribution in [2.45, 2.75) is 0 Å². The number of rotatable bonds is 5. The Morgan fingerprint density at radius 2 is 1.78 bits per heavy atom. The number of benzene rings is 2. The lowest BCUT2D eigenvalue weighted by Gasteiger charge is -2.09. The van der Waals surface area contributed by atoms with Gasteiger partial charge in [0.05, 0.1) is 15.6 Å². The van der Waals surface area contributed by atoms with Crippen LogP contribution in [0.25, 0.3) is 0 Å². The van der Waals surface area contributed by atoms with Gasteiger partial charge in [0.2, 0.25) is 0 Å². The Balaban J connectivity index is 2.05. The molecule has 2 aromatic carbocycles. The summed E-state index contributed by atoms with van der Waals surface area (Å²) in [6, 6.07) is 8.47. The maximum absolute atomic E-state index is 11.9. The van der Waals surface area contributed by atoms with E-state index in [9.17, 15) is 14.9 Å². The molecule has 0 fully saturated rings. The molecule has 0 atom stereocenters. The summed E-state index contributed by atoms with van der Waals surface area (Å²) in [6.45, 7) is -0.439. The number of anilines is 1. The molecule has 0 radical (unpaired) electrons. The predicted molar refractivity (Wildman–Crippen MR) is 88.7 cm³/mol. The van der Waals surface area contributed by atoms with Crippen molar-refractivity contribution in [1.29, 1.82) is 0 Å². The van der Waals surface area contributed by atoms with Crippen LogP contribution in [-0.4, -0.2) is 17.4 Å². The average Bonchev–Trinajstić information content (AvgIpc) is 2.49. The number of hydrogen-bond acceptors (Lipinski definition) is 4. The molecule has 6 nitrogen and oxygen atoms in total. The van der Waals surface area contributed by atoms with E-state index < -0.39 is 17.4 Å². The van der Waals surface area contributed by atoms with E-state index in [-0.39, 0.29) is 16.5 Å². The highest BCUT2D eigenvalue weighted by Gasteiger charge is 2.17. The van der Waals surface area contributed by atoms with Crippen LogP contribution >= 0.6 is 34.8 Å². The molecule has 0 aliphatic carbocycles. The summed E-state index contributed by atoms with van der Waals surface area (Å²) in [4.78, 5) is 22.1. The topological polar surface area (TPSA) is 81.5 Å². The predicted octanol–water partition coefficient (Wildman–Crippen LogP) is 4.57. The number of ether oxygens (including phenoxy) is 1. The number of nitro groups is 1. The lowest BCUT2D eigenvalue weighted by atomic mass is 10.3. The van der Waals surface area contributed by atoms with Gasteiger partial charge in [0, 0.05) is 16.1 Å². The molecule has 0 bridgehead atoms. The van der Waals surface area contributed by atoms with Gasteiger partial charge >= 0.3 is 5.69 Å². The molecule has 1 amide bonds. The van der Waals surface area contributed by atoms with Gasteiger partial charge in [-0.1, -0.05) is 34.8 Å². The van der Waals surface area contributed by atoms with Crippen LogP contribution < -0.4 is 10.1 Å². The van der Waals surface area contributed by atoms with Crippen molar-refractivity contribution in [2.75, 3.05) is 11.9 Å². The summed E-state index contributed by atoms with van der Waals surface area (Å²) in [5, 5.41) is 14.3. The van der Waals surface area contributed by atoms with E-state index >= 15 is 0 Å². The second kappa shape index (κ2) is 7.50. The van der Waals surface area contributed by atoms with Gasteiger partial charge in [-0.25, -0.2) is 0 Å². The number of carbonyl (C=O) groups excluding carboxylic acids is 1. The van der Waals surface area contributed by atoms with Gasteiger partial charge in [0.1, 0.15) is 0 Å². The second-order valence-electron chi connectivity index (χ2n) is 4.33. The highest BCUT2D eigenvalue weighted by molar-refractivity contribution is 6.35. The summed E-state index contributed by atoms with van der Waals surface area (Å²) in [5.74, 6) is -0.606. The first-order chi connectivity index (χ1) is 10.9. The van der Waals surface area contributed by atoms with Gasteiger partial charge in [-0.3, -0.25) is 14.9 Å². The Labute approximate surface area is 146 Å². The van der Waals surface area contributed by atoms with Gasteiger partial charge in [-0.15, -0.1) is 0 Å². The number of nitrogens with zero attached hydrogens (tertiary/aromatic N) is 1. The van der Waals surface area contributed by atoms with E-state index in [1.54, 1.807) is 6.07 Å². The number of carbonyl (C=O) groups is 1. The Morgan fingerprint density at radius 1 is 1.13 bits per heavy atom. The fraction of sp³-hybridized carbons (Fsp3) is 0.0714. The summed E-state index contributed by atoms with van der Waals surface area (Å²) in [7, 11) is 0. The van der Waals surface area contributed by atoms with Crippen LogP contribution in [0.5, 0.6) is 5.75 Å². The van der Waals surface area contributed by atoms with Crippen molar-refractivity contribution in [3.63, 3.8) is 0 Å². The molecular formula is C14H9Cl3N2O4. The molecular weight excluding hydrogens is 367 g/mol. The SMILES string of the molecule is O=C(COc1ccc(Cl)cc1[N+](=O)[O-])Nc1cc(Cl)ccc1Cl. The van der Waals surface area contributed by atoms with Gasteiger partial charge in [-0.05, 0) is 30.3 Å². The molecule has 0 spiro atoms. The summed E-state index contributed by atoms with van der Waals surface area (Å²) < 4.78 is 5.17. The Hall–Kier alpha value is -2.02. The van der Waals surface area contributed by atoms with E-state index in [0.29, 0.717) is 15.7 Å². The maximum atomic E-state index is 11.9. The number of hydrogen-bond donors (Lipinski definition) is 1. The van der Waals surface area contributed by atoms with Crippen LogP contribution in [0.4, 0.5) is 11.4 Å². The average molecular weight is 376 g/mol. The molecule has 0 aliphatic heterocycles. The van der Waals surface area contributed by atoms with Crippen LogP contribution in [0.3, 0.4) is 0 Å². The zero-order valence-corrected chi connectivity index (χ0v) is 13.7. The van der Waals surface area contributed by atoms with E-state index in [4.69, 9.17) is 39.5 Å². The van der Waals surface area contributed by atoms with E-state index in [1.165, 1.54) is 24.3 Å². The lowest BCUT2D eigenvalue weighted by Crippen LogP contribution is -2.20. The second-order valence-corrected chi connectivity index (χ2v) is 5.61. The van der Waals surface area contributed by atoms with Crippen molar-refractivity contribution in [3.05, 3.63) is 61.6 Å². The third kappa shape index (κ3) is 4.72. The van der Waals surface area contributed by atoms with Crippen LogP contribution in [0, 0.1) is 10.1 Å². The lowest BCUT2D eigenvalue weighted by molar-refractivity contribution is -0.385. The number of nitro benzene ring substituents is 1. The van der Waals surface area contributed by atoms with Gasteiger partial charge in [-0.2, -0.15) is 0 Å². The molecule has 2 aromatic rings. The van der Waals surface area contributed by atoms with Crippen molar-refractivity contribution in [3.8, 4) is 5.75 Å². The molecule has 1 N–H and O–H groups in total. The van der Waals surface area contributed by atoms with Crippen molar-refractivity contribution in [2.24, 2.45) is 0 Å². The molecule has 0 saturated carbocycles. The number of nitrogens with one attached hydrogen (secondary N) is 1. The molecule has 0 saturated heterocycles. The number of amides is 1. The smallest absolute Gasteiger partial charge is 0.312 e. The van der Waals surface area contributed by atoms with Crippen molar-refractivity contribution in [1.82, 2.24) is 0 Å². The normalized spacial score (nSPS) is 10.2. The van der Waals surface area contributed by atoms with E-state index in [1.807, 2.05) is 0 Å². The van der Waals surface area contributed by atoms with Crippen molar-refractivity contribution < 1.29 is 14.5 Å². The molecule has 0 aliphatic rings. The highest BCUT2D eigenvalue weighted by Crippen LogP contribution is 2.30. The fourth-order valence-corrected chi connectivity index (χ4v) is 2.18. The first kappa shape index (κ1) is 17.3. The largest absolute Gasteiger partial charge is 0.477 e. The van der Waals surface area contributed by atoms with Crippen LogP contribution in [-0.2, 0) is 4.79 Å². The first-order valence-electron chi connectivity index (χ1n) is 6.18. The Morgan fingerprint density at radius 3 is 2.48 bits per heavy atom. The number of halogens is 3. The molecule has 9 heteroatoms. The first-order valence-corrected chi connectivity index (χ1v) is 7.32. The summed E-state index contributed by atoms with van der Waals surface area (Å²) >= 11 is 17.4.